The molecule has 0 saturated carbocycles. The van der Waals surface area contributed by atoms with Gasteiger partial charge in [0.2, 0.25) is 11.8 Å². The first-order valence-corrected chi connectivity index (χ1v) is 7.02. The van der Waals surface area contributed by atoms with Crippen LogP contribution in [0.4, 0.5) is 5.69 Å². The first kappa shape index (κ1) is 13.6. The largest absolute Gasteiger partial charge is 0.439 e. The second-order valence-electron chi connectivity index (χ2n) is 4.98. The van der Waals surface area contributed by atoms with Crippen LogP contribution >= 0.6 is 0 Å². The summed E-state index contributed by atoms with van der Waals surface area (Å²) >= 11 is 0. The summed E-state index contributed by atoms with van der Waals surface area (Å²) in [5.74, 6) is 1.32. The number of amides is 1. The van der Waals surface area contributed by atoms with Crippen molar-refractivity contribution in [2.45, 2.75) is 6.42 Å². The molecule has 1 aliphatic rings. The van der Waals surface area contributed by atoms with Crippen LogP contribution in [-0.4, -0.2) is 24.0 Å². The average molecular weight is 283 g/mol. The van der Waals surface area contributed by atoms with Gasteiger partial charge in [0.25, 0.3) is 0 Å². The Balaban J connectivity index is 1.60. The van der Waals surface area contributed by atoms with Crippen LogP contribution in [0.1, 0.15) is 6.42 Å². The first-order valence-electron chi connectivity index (χ1n) is 7.02. The van der Waals surface area contributed by atoms with Gasteiger partial charge in [-0.15, -0.1) is 0 Å². The number of ether oxygens (including phenoxy) is 1. The van der Waals surface area contributed by atoms with E-state index in [9.17, 15) is 4.79 Å². The molecular weight excluding hydrogens is 266 g/mol. The standard InChI is InChI=1S/C16H17N3O2/c20-16(12-8-9-17-10-12)19-13-6-7-15(18-11-13)21-14-4-2-1-3-5-14/h1-7,11-12,17H,8-10H2,(H,19,20). The van der Waals surface area contributed by atoms with E-state index in [1.165, 1.54) is 0 Å². The highest BCUT2D eigenvalue weighted by molar-refractivity contribution is 5.92. The van der Waals surface area contributed by atoms with Crippen molar-refractivity contribution in [3.8, 4) is 11.6 Å². The number of carbonyl (C=O) groups is 1. The number of hydrogen-bond acceptors (Lipinski definition) is 4. The Kier molecular flexibility index (Phi) is 4.12. The summed E-state index contributed by atoms with van der Waals surface area (Å²) in [6.45, 7) is 1.65. The molecule has 0 aliphatic carbocycles. The molecule has 108 valence electrons. The number of hydrogen-bond donors (Lipinski definition) is 2. The highest BCUT2D eigenvalue weighted by Crippen LogP contribution is 2.20. The highest BCUT2D eigenvalue weighted by atomic mass is 16.5. The zero-order valence-electron chi connectivity index (χ0n) is 11.6. The van der Waals surface area contributed by atoms with E-state index in [0.717, 1.165) is 25.3 Å². The third kappa shape index (κ3) is 3.58. The van der Waals surface area contributed by atoms with Crippen molar-refractivity contribution >= 4 is 11.6 Å². The summed E-state index contributed by atoms with van der Waals surface area (Å²) in [5.41, 5.74) is 0.687. The van der Waals surface area contributed by atoms with E-state index in [2.05, 4.69) is 15.6 Å². The summed E-state index contributed by atoms with van der Waals surface area (Å²) in [6.07, 6.45) is 2.49. The number of nitrogens with one attached hydrogen (secondary N) is 2. The van der Waals surface area contributed by atoms with Crippen molar-refractivity contribution in [3.63, 3.8) is 0 Å². The number of aromatic nitrogens is 1. The van der Waals surface area contributed by atoms with Gasteiger partial charge in [-0.2, -0.15) is 0 Å². The minimum absolute atomic E-state index is 0.0403. The van der Waals surface area contributed by atoms with Crippen molar-refractivity contribution in [3.05, 3.63) is 48.7 Å². The van der Waals surface area contributed by atoms with Crippen molar-refractivity contribution in [1.29, 1.82) is 0 Å². The van der Waals surface area contributed by atoms with Gasteiger partial charge in [0.1, 0.15) is 5.75 Å². The van der Waals surface area contributed by atoms with Crippen LogP contribution in [0.25, 0.3) is 0 Å². The third-order valence-corrected chi connectivity index (χ3v) is 3.40. The number of carbonyl (C=O) groups excluding carboxylic acids is 1. The van der Waals surface area contributed by atoms with Crippen LogP contribution in [0.2, 0.25) is 0 Å². The lowest BCUT2D eigenvalue weighted by Crippen LogP contribution is -2.24. The number of nitrogens with zero attached hydrogens (tertiary/aromatic N) is 1. The maximum absolute atomic E-state index is 12.0. The van der Waals surface area contributed by atoms with E-state index in [1.807, 2.05) is 30.3 Å². The van der Waals surface area contributed by atoms with Crippen molar-refractivity contribution in [2.24, 2.45) is 5.92 Å². The monoisotopic (exact) mass is 283 g/mol. The molecule has 0 spiro atoms. The molecule has 2 N–H and O–H groups in total. The molecule has 1 aromatic heterocycles. The SMILES string of the molecule is O=C(Nc1ccc(Oc2ccccc2)nc1)C1CCNC1. The van der Waals surface area contributed by atoms with Crippen molar-refractivity contribution in [1.82, 2.24) is 10.3 Å². The fourth-order valence-corrected chi connectivity index (χ4v) is 2.25. The third-order valence-electron chi connectivity index (χ3n) is 3.40. The predicted octanol–water partition coefficient (Wildman–Crippen LogP) is 2.42. The number of anilines is 1. The highest BCUT2D eigenvalue weighted by Gasteiger charge is 2.22. The van der Waals surface area contributed by atoms with Crippen LogP contribution in [-0.2, 0) is 4.79 Å². The molecular formula is C16H17N3O2. The van der Waals surface area contributed by atoms with E-state index in [1.54, 1.807) is 18.3 Å². The van der Waals surface area contributed by atoms with Gasteiger partial charge >= 0.3 is 0 Å². The average Bonchev–Trinajstić information content (AvgIpc) is 3.05. The van der Waals surface area contributed by atoms with E-state index >= 15 is 0 Å². The lowest BCUT2D eigenvalue weighted by molar-refractivity contribution is -0.119. The van der Waals surface area contributed by atoms with Gasteiger partial charge in [-0.25, -0.2) is 4.98 Å². The molecule has 1 aromatic carbocycles. The van der Waals surface area contributed by atoms with E-state index < -0.39 is 0 Å². The Hall–Kier alpha value is -2.40. The maximum Gasteiger partial charge on any atom is 0.228 e. The number of benzene rings is 1. The van der Waals surface area contributed by atoms with Gasteiger partial charge in [-0.05, 0) is 31.2 Å². The van der Waals surface area contributed by atoms with E-state index in [4.69, 9.17) is 4.74 Å². The molecule has 1 saturated heterocycles. The number of pyridine rings is 1. The van der Waals surface area contributed by atoms with Gasteiger partial charge in [0.05, 0.1) is 17.8 Å². The smallest absolute Gasteiger partial charge is 0.228 e. The second kappa shape index (κ2) is 6.37. The predicted molar refractivity (Wildman–Crippen MR) is 80.4 cm³/mol. The van der Waals surface area contributed by atoms with Crippen LogP contribution in [0, 0.1) is 5.92 Å². The zero-order valence-corrected chi connectivity index (χ0v) is 11.6. The lowest BCUT2D eigenvalue weighted by atomic mass is 10.1. The first-order chi connectivity index (χ1) is 10.3. The molecule has 21 heavy (non-hydrogen) atoms. The Bertz CT molecular complexity index is 593. The molecule has 5 heteroatoms. The molecule has 1 aliphatic heterocycles. The quantitative estimate of drug-likeness (QED) is 0.904. The van der Waals surface area contributed by atoms with Gasteiger partial charge in [0, 0.05) is 12.6 Å². The summed E-state index contributed by atoms with van der Waals surface area (Å²) in [6, 6.07) is 13.0. The summed E-state index contributed by atoms with van der Waals surface area (Å²) in [5, 5.41) is 6.06. The Morgan fingerprint density at radius 1 is 1.24 bits per heavy atom. The van der Waals surface area contributed by atoms with Crippen LogP contribution in [0.3, 0.4) is 0 Å². The lowest BCUT2D eigenvalue weighted by Gasteiger charge is -2.10. The summed E-state index contributed by atoms with van der Waals surface area (Å²) in [7, 11) is 0. The minimum atomic E-state index is 0.0403. The Morgan fingerprint density at radius 2 is 2.10 bits per heavy atom. The molecule has 0 radical (unpaired) electrons. The number of rotatable bonds is 4. The topological polar surface area (TPSA) is 63.2 Å². The molecule has 1 fully saturated rings. The van der Waals surface area contributed by atoms with Crippen LogP contribution in [0.5, 0.6) is 11.6 Å². The normalized spacial score (nSPS) is 17.4. The zero-order chi connectivity index (χ0) is 14.5. The van der Waals surface area contributed by atoms with Gasteiger partial charge in [-0.1, -0.05) is 18.2 Å². The van der Waals surface area contributed by atoms with Gasteiger partial charge < -0.3 is 15.4 Å². The van der Waals surface area contributed by atoms with Crippen LogP contribution in [0.15, 0.2) is 48.7 Å². The Morgan fingerprint density at radius 3 is 2.76 bits per heavy atom. The molecule has 2 aromatic rings. The molecule has 0 bridgehead atoms. The van der Waals surface area contributed by atoms with Crippen molar-refractivity contribution < 1.29 is 9.53 Å². The van der Waals surface area contributed by atoms with Gasteiger partial charge in [0.15, 0.2) is 0 Å². The molecule has 1 amide bonds. The molecule has 3 rings (SSSR count). The molecule has 2 heterocycles. The summed E-state index contributed by atoms with van der Waals surface area (Å²) < 4.78 is 5.60. The fourth-order valence-electron chi connectivity index (χ4n) is 2.25. The van der Waals surface area contributed by atoms with E-state index in [0.29, 0.717) is 11.6 Å². The van der Waals surface area contributed by atoms with Gasteiger partial charge in [-0.3, -0.25) is 4.79 Å². The Labute approximate surface area is 123 Å². The summed E-state index contributed by atoms with van der Waals surface area (Å²) in [4.78, 5) is 16.2. The fraction of sp³-hybridized carbons (Fsp3) is 0.250. The second-order valence-corrected chi connectivity index (χ2v) is 4.98. The van der Waals surface area contributed by atoms with Crippen molar-refractivity contribution in [2.75, 3.05) is 18.4 Å². The molecule has 1 unspecified atom stereocenters. The maximum atomic E-state index is 12.0. The molecule has 5 nitrogen and oxygen atoms in total. The van der Waals surface area contributed by atoms with E-state index in [-0.39, 0.29) is 11.8 Å². The number of para-hydroxylation sites is 1. The van der Waals surface area contributed by atoms with Crippen LogP contribution < -0.4 is 15.4 Å². The molecule has 1 atom stereocenters. The minimum Gasteiger partial charge on any atom is -0.439 e.